The van der Waals surface area contributed by atoms with E-state index in [1.807, 2.05) is 73.8 Å². The Bertz CT molecular complexity index is 854. The second kappa shape index (κ2) is 8.63. The largest absolute Gasteiger partial charge is 0.544 e. The molecule has 0 saturated heterocycles. The Morgan fingerprint density at radius 3 is 2.23 bits per heavy atom. The topological polar surface area (TPSA) is 66.4 Å². The average molecular weight is 697 g/mol. The number of aliphatic carboxylic acids is 1. The minimum absolute atomic E-state index is 0.0909. The van der Waals surface area contributed by atoms with Crippen LogP contribution in [-0.4, -0.2) is 17.9 Å². The lowest BCUT2D eigenvalue weighted by Crippen LogP contribution is -2.47. The highest BCUT2D eigenvalue weighted by atomic mass is 127. The van der Waals surface area contributed by atoms with Gasteiger partial charge in [-0.2, -0.15) is 8.78 Å². The molecule has 2 rings (SSSR count). The van der Waals surface area contributed by atoms with Crippen molar-refractivity contribution in [3.05, 3.63) is 63.8 Å². The minimum atomic E-state index is -4.38. The maximum atomic E-state index is 14.2. The molecular weight excluding hydrogens is 687 g/mol. The Kier molecular flexibility index (Phi) is 7.21. The van der Waals surface area contributed by atoms with E-state index in [2.05, 4.69) is 0 Å². The number of esters is 1. The van der Waals surface area contributed by atoms with Gasteiger partial charge in [-0.25, -0.2) is 4.79 Å². The van der Waals surface area contributed by atoms with Crippen LogP contribution in [0.15, 0.2) is 36.4 Å². The van der Waals surface area contributed by atoms with Gasteiger partial charge in [0.25, 0.3) is 0 Å². The van der Waals surface area contributed by atoms with Crippen LogP contribution in [0.3, 0.4) is 0 Å². The van der Waals surface area contributed by atoms with E-state index in [4.69, 9.17) is 4.74 Å². The van der Waals surface area contributed by atoms with E-state index in [-0.39, 0.29) is 11.1 Å². The molecule has 1 unspecified atom stereocenters. The van der Waals surface area contributed by atoms with Crippen LogP contribution in [0.4, 0.5) is 8.78 Å². The van der Waals surface area contributed by atoms with Gasteiger partial charge in [-0.05, 0) is 92.4 Å². The van der Waals surface area contributed by atoms with Crippen LogP contribution in [0, 0.1) is 17.6 Å². The van der Waals surface area contributed by atoms with Crippen molar-refractivity contribution in [2.45, 2.75) is 19.0 Å². The normalized spacial score (nSPS) is 12.5. The molecule has 2 aromatic carbocycles. The van der Waals surface area contributed by atoms with E-state index in [1.54, 1.807) is 6.92 Å². The summed E-state index contributed by atoms with van der Waals surface area (Å²) >= 11 is 5.91. The molecular formula is C17H10F2I3O4-. The van der Waals surface area contributed by atoms with Crippen LogP contribution in [0.2, 0.25) is 0 Å². The van der Waals surface area contributed by atoms with Crippen molar-refractivity contribution >= 4 is 79.7 Å². The Labute approximate surface area is 189 Å². The number of ether oxygens (including phenoxy) is 1. The van der Waals surface area contributed by atoms with Crippen LogP contribution < -0.4 is 5.11 Å². The molecule has 0 saturated carbocycles. The summed E-state index contributed by atoms with van der Waals surface area (Å²) in [6.07, 6.45) is -2.30. The van der Waals surface area contributed by atoms with Gasteiger partial charge in [-0.15, -0.1) is 0 Å². The fourth-order valence-corrected chi connectivity index (χ4v) is 4.45. The summed E-state index contributed by atoms with van der Waals surface area (Å²) in [6.45, 7) is 1.75. The summed E-state index contributed by atoms with van der Waals surface area (Å²) in [6, 6.07) is 8.96. The van der Waals surface area contributed by atoms with Crippen molar-refractivity contribution in [2.75, 3.05) is 0 Å². The molecule has 9 heteroatoms. The standard InChI is InChI=1S/C17H11F2I3O4/c1-8-2-4-9(5-3-8)14(17(18,19)16(24)25)26-15(23)11-6-10(20)7-12(21)13(11)22/h2-7,14H,1H3,(H,24,25)/p-1. The summed E-state index contributed by atoms with van der Waals surface area (Å²) in [7, 11) is 0. The second-order valence-corrected chi connectivity index (χ2v) is 8.84. The predicted octanol–water partition coefficient (Wildman–Crippen LogP) is 4.09. The lowest BCUT2D eigenvalue weighted by Gasteiger charge is -2.28. The summed E-state index contributed by atoms with van der Waals surface area (Å²) in [4.78, 5) is 23.4. The minimum Gasteiger partial charge on any atom is -0.544 e. The maximum Gasteiger partial charge on any atom is 0.340 e. The van der Waals surface area contributed by atoms with Crippen LogP contribution >= 0.6 is 67.8 Å². The monoisotopic (exact) mass is 697 g/mol. The van der Waals surface area contributed by atoms with Crippen LogP contribution in [-0.2, 0) is 9.53 Å². The van der Waals surface area contributed by atoms with Crippen molar-refractivity contribution in [1.82, 2.24) is 0 Å². The summed E-state index contributed by atoms with van der Waals surface area (Å²) in [5.41, 5.74) is 0.749. The van der Waals surface area contributed by atoms with Crippen LogP contribution in [0.25, 0.3) is 0 Å². The van der Waals surface area contributed by atoms with Gasteiger partial charge in [0.05, 0.1) is 5.56 Å². The molecule has 0 aliphatic carbocycles. The molecule has 138 valence electrons. The molecule has 0 spiro atoms. The fourth-order valence-electron chi connectivity index (χ4n) is 2.07. The van der Waals surface area contributed by atoms with E-state index >= 15 is 0 Å². The number of carbonyl (C=O) groups is 2. The Morgan fingerprint density at radius 2 is 1.69 bits per heavy atom. The quantitative estimate of drug-likeness (QED) is 0.269. The zero-order valence-electron chi connectivity index (χ0n) is 13.1. The first-order valence-electron chi connectivity index (χ1n) is 7.05. The van der Waals surface area contributed by atoms with Gasteiger partial charge in [0.2, 0.25) is 0 Å². The SMILES string of the molecule is Cc1ccc(C(OC(=O)c2cc(I)cc(I)c2I)C(F)(F)C(=O)[O-])cc1. The highest BCUT2D eigenvalue weighted by Gasteiger charge is 2.45. The number of rotatable bonds is 5. The van der Waals surface area contributed by atoms with Gasteiger partial charge in [-0.3, -0.25) is 0 Å². The molecule has 0 N–H and O–H groups in total. The molecule has 0 aliphatic heterocycles. The fraction of sp³-hybridized carbons (Fsp3) is 0.176. The lowest BCUT2D eigenvalue weighted by atomic mass is 10.0. The van der Waals surface area contributed by atoms with Crippen LogP contribution in [0.5, 0.6) is 0 Å². The zero-order valence-corrected chi connectivity index (χ0v) is 19.5. The second-order valence-electron chi connectivity index (χ2n) is 5.36. The van der Waals surface area contributed by atoms with Gasteiger partial charge < -0.3 is 14.6 Å². The zero-order chi connectivity index (χ0) is 19.6. The molecule has 26 heavy (non-hydrogen) atoms. The van der Waals surface area contributed by atoms with E-state index in [0.717, 1.165) is 12.7 Å². The first-order valence-corrected chi connectivity index (χ1v) is 10.3. The third kappa shape index (κ3) is 4.82. The summed E-state index contributed by atoms with van der Waals surface area (Å²) < 4.78 is 35.3. The summed E-state index contributed by atoms with van der Waals surface area (Å²) in [5, 5.41) is 10.9. The number of carbonyl (C=O) groups excluding carboxylic acids is 2. The van der Waals surface area contributed by atoms with Crippen molar-refractivity contribution in [1.29, 1.82) is 0 Å². The molecule has 0 bridgehead atoms. The first-order chi connectivity index (χ1) is 12.0. The maximum absolute atomic E-state index is 14.2. The molecule has 2 aromatic rings. The third-order valence-electron chi connectivity index (χ3n) is 3.42. The molecule has 0 radical (unpaired) electrons. The van der Waals surface area contributed by atoms with Crippen molar-refractivity contribution < 1.29 is 28.2 Å². The Morgan fingerprint density at radius 1 is 1.12 bits per heavy atom. The number of carboxylic acids is 1. The first kappa shape index (κ1) is 21.7. The van der Waals surface area contributed by atoms with Gasteiger partial charge in [-0.1, -0.05) is 29.8 Å². The lowest BCUT2D eigenvalue weighted by molar-refractivity contribution is -0.336. The van der Waals surface area contributed by atoms with Gasteiger partial charge in [0.1, 0.15) is 5.97 Å². The number of aryl methyl sites for hydroxylation is 1. The average Bonchev–Trinajstić information content (AvgIpc) is 2.56. The Balaban J connectivity index is 2.46. The molecule has 1 atom stereocenters. The third-order valence-corrected chi connectivity index (χ3v) is 7.09. The van der Waals surface area contributed by atoms with Gasteiger partial charge in [0, 0.05) is 10.7 Å². The van der Waals surface area contributed by atoms with Crippen LogP contribution in [0.1, 0.15) is 27.6 Å². The number of alkyl halides is 2. The number of halogens is 5. The molecule has 4 nitrogen and oxygen atoms in total. The van der Waals surface area contributed by atoms with E-state index in [9.17, 15) is 23.5 Å². The number of hydrogen-bond donors (Lipinski definition) is 0. The highest BCUT2D eigenvalue weighted by Crippen LogP contribution is 2.36. The molecule has 0 aliphatic rings. The van der Waals surface area contributed by atoms with E-state index < -0.39 is 24.0 Å². The number of carboxylic acid groups (broad SMARTS) is 1. The molecule has 0 amide bonds. The van der Waals surface area contributed by atoms with E-state index in [0.29, 0.717) is 3.57 Å². The van der Waals surface area contributed by atoms with Gasteiger partial charge >= 0.3 is 11.9 Å². The molecule has 0 heterocycles. The van der Waals surface area contributed by atoms with E-state index in [1.165, 1.54) is 30.3 Å². The van der Waals surface area contributed by atoms with Gasteiger partial charge in [0.15, 0.2) is 6.10 Å². The molecule has 0 aromatic heterocycles. The van der Waals surface area contributed by atoms with Crippen molar-refractivity contribution in [2.24, 2.45) is 0 Å². The number of hydrogen-bond acceptors (Lipinski definition) is 4. The van der Waals surface area contributed by atoms with Crippen molar-refractivity contribution in [3.63, 3.8) is 0 Å². The molecule has 0 fully saturated rings. The number of benzene rings is 2. The summed E-state index contributed by atoms with van der Waals surface area (Å²) in [5.74, 6) is -8.02. The Hall–Kier alpha value is -0.570. The van der Waals surface area contributed by atoms with Crippen molar-refractivity contribution in [3.8, 4) is 0 Å². The predicted molar refractivity (Wildman–Crippen MR) is 114 cm³/mol. The highest BCUT2D eigenvalue weighted by molar-refractivity contribution is 14.1. The smallest absolute Gasteiger partial charge is 0.340 e.